The Morgan fingerprint density at radius 3 is 2.58 bits per heavy atom. The third kappa shape index (κ3) is 4.25. The van der Waals surface area contributed by atoms with E-state index < -0.39 is 5.25 Å². The number of carbonyl (C=O) groups is 1. The number of thioether (sulfide) groups is 1. The van der Waals surface area contributed by atoms with Crippen molar-refractivity contribution in [2.45, 2.75) is 38.1 Å². The summed E-state index contributed by atoms with van der Waals surface area (Å²) in [5.74, 6) is 0.0168. The molecule has 2 aromatic heterocycles. The number of hydrogen-bond acceptors (Lipinski definition) is 6. The van der Waals surface area contributed by atoms with Crippen LogP contribution in [0, 0.1) is 20.8 Å². The van der Waals surface area contributed by atoms with Crippen molar-refractivity contribution in [3.05, 3.63) is 75.7 Å². The van der Waals surface area contributed by atoms with Gasteiger partial charge in [0.1, 0.15) is 0 Å². The lowest BCUT2D eigenvalue weighted by atomic mass is 10.1. The second kappa shape index (κ2) is 8.39. The summed E-state index contributed by atoms with van der Waals surface area (Å²) in [5.41, 5.74) is 4.01. The molecule has 8 heteroatoms. The summed E-state index contributed by atoms with van der Waals surface area (Å²) in [6.45, 7) is 7.56. The van der Waals surface area contributed by atoms with Crippen LogP contribution in [0.4, 0.5) is 5.88 Å². The van der Waals surface area contributed by atoms with Crippen LogP contribution in [-0.2, 0) is 4.79 Å². The normalized spacial score (nSPS) is 12.1. The number of amides is 1. The fraction of sp³-hybridized carbons (Fsp3) is 0.217. The smallest absolute Gasteiger partial charge is 0.266 e. The van der Waals surface area contributed by atoms with Crippen LogP contribution in [0.25, 0.3) is 16.6 Å². The van der Waals surface area contributed by atoms with Gasteiger partial charge >= 0.3 is 0 Å². The van der Waals surface area contributed by atoms with Crippen molar-refractivity contribution in [2.75, 3.05) is 5.32 Å². The first-order valence-electron chi connectivity index (χ1n) is 9.84. The van der Waals surface area contributed by atoms with Gasteiger partial charge in [-0.1, -0.05) is 35.1 Å². The third-order valence-electron chi connectivity index (χ3n) is 5.02. The topological polar surface area (TPSA) is 90.0 Å². The SMILES string of the molecule is Cc1cc(NC(=O)C(C)Sc2nc3ccccc3c(=O)n2-c2ccc(C)c(C)c2)on1. The number of rotatable bonds is 5. The summed E-state index contributed by atoms with van der Waals surface area (Å²) in [7, 11) is 0. The van der Waals surface area contributed by atoms with Crippen molar-refractivity contribution >= 4 is 34.5 Å². The van der Waals surface area contributed by atoms with Crippen molar-refractivity contribution in [3.63, 3.8) is 0 Å². The predicted molar refractivity (Wildman–Crippen MR) is 122 cm³/mol. The zero-order valence-electron chi connectivity index (χ0n) is 17.7. The van der Waals surface area contributed by atoms with Crippen LogP contribution >= 0.6 is 11.8 Å². The number of aryl methyl sites for hydroxylation is 3. The first kappa shape index (κ1) is 20.9. The fourth-order valence-corrected chi connectivity index (χ4v) is 4.07. The van der Waals surface area contributed by atoms with Crippen LogP contribution in [0.1, 0.15) is 23.7 Å². The molecule has 0 fully saturated rings. The van der Waals surface area contributed by atoms with E-state index in [1.807, 2.05) is 44.2 Å². The summed E-state index contributed by atoms with van der Waals surface area (Å²) in [4.78, 5) is 30.8. The van der Waals surface area contributed by atoms with Gasteiger partial charge in [0, 0.05) is 6.07 Å². The Bertz CT molecular complexity index is 1340. The first-order chi connectivity index (χ1) is 14.8. The van der Waals surface area contributed by atoms with E-state index in [2.05, 4.69) is 10.5 Å². The van der Waals surface area contributed by atoms with E-state index in [-0.39, 0.29) is 17.4 Å². The van der Waals surface area contributed by atoms with Gasteiger partial charge in [0.05, 0.1) is 27.5 Å². The minimum atomic E-state index is -0.531. The number of hydrogen-bond donors (Lipinski definition) is 1. The zero-order valence-corrected chi connectivity index (χ0v) is 18.5. The second-order valence-corrected chi connectivity index (χ2v) is 8.71. The van der Waals surface area contributed by atoms with Gasteiger partial charge in [0.15, 0.2) is 5.16 Å². The Labute approximate surface area is 183 Å². The Balaban J connectivity index is 1.75. The lowest BCUT2D eigenvalue weighted by molar-refractivity contribution is -0.115. The lowest BCUT2D eigenvalue weighted by Crippen LogP contribution is -2.26. The van der Waals surface area contributed by atoms with Crippen LogP contribution in [-0.4, -0.2) is 25.9 Å². The van der Waals surface area contributed by atoms with Gasteiger partial charge in [-0.3, -0.25) is 19.5 Å². The van der Waals surface area contributed by atoms with E-state index in [4.69, 9.17) is 9.51 Å². The number of nitrogens with zero attached hydrogens (tertiary/aromatic N) is 3. The van der Waals surface area contributed by atoms with E-state index >= 15 is 0 Å². The molecule has 4 aromatic rings. The van der Waals surface area contributed by atoms with Gasteiger partial charge in [-0.2, -0.15) is 0 Å². The van der Waals surface area contributed by atoms with Crippen LogP contribution in [0.2, 0.25) is 0 Å². The van der Waals surface area contributed by atoms with Crippen molar-refractivity contribution in [3.8, 4) is 5.69 Å². The van der Waals surface area contributed by atoms with Crippen LogP contribution in [0.5, 0.6) is 0 Å². The minimum absolute atomic E-state index is 0.171. The van der Waals surface area contributed by atoms with Gasteiger partial charge in [-0.05, 0) is 63.1 Å². The molecule has 1 atom stereocenters. The molecule has 1 unspecified atom stereocenters. The molecule has 0 spiro atoms. The standard InChI is InChI=1S/C23H22N4O3S/c1-13-9-10-17(11-14(13)2)27-22(29)18-7-5-6-8-19(18)24-23(27)31-16(4)21(28)25-20-12-15(3)26-30-20/h5-12,16H,1-4H3,(H,25,28). The summed E-state index contributed by atoms with van der Waals surface area (Å²) in [5, 5.41) is 6.92. The molecule has 7 nitrogen and oxygen atoms in total. The average molecular weight is 435 g/mol. The monoisotopic (exact) mass is 434 g/mol. The predicted octanol–water partition coefficient (Wildman–Crippen LogP) is 4.42. The lowest BCUT2D eigenvalue weighted by Gasteiger charge is -2.16. The molecule has 1 N–H and O–H groups in total. The molecule has 0 aliphatic heterocycles. The minimum Gasteiger partial charge on any atom is -0.338 e. The molecular weight excluding hydrogens is 412 g/mol. The number of fused-ring (bicyclic) bond motifs is 1. The molecule has 0 bridgehead atoms. The highest BCUT2D eigenvalue weighted by Crippen LogP contribution is 2.26. The molecule has 0 aliphatic rings. The Morgan fingerprint density at radius 1 is 1.10 bits per heavy atom. The van der Waals surface area contributed by atoms with Gasteiger partial charge in [-0.25, -0.2) is 4.98 Å². The summed E-state index contributed by atoms with van der Waals surface area (Å²) < 4.78 is 6.64. The Hall–Kier alpha value is -3.39. The molecule has 0 aliphatic carbocycles. The van der Waals surface area contributed by atoms with E-state index in [9.17, 15) is 9.59 Å². The number of anilines is 1. The molecular formula is C23H22N4O3S. The number of carbonyl (C=O) groups excluding carboxylic acids is 1. The largest absolute Gasteiger partial charge is 0.338 e. The molecule has 158 valence electrons. The first-order valence-corrected chi connectivity index (χ1v) is 10.7. The fourth-order valence-electron chi connectivity index (χ4n) is 3.14. The molecule has 2 aromatic carbocycles. The molecule has 2 heterocycles. The van der Waals surface area contributed by atoms with Crippen molar-refractivity contribution < 1.29 is 9.32 Å². The van der Waals surface area contributed by atoms with Crippen LogP contribution < -0.4 is 10.9 Å². The summed E-state index contributed by atoms with van der Waals surface area (Å²) >= 11 is 1.22. The van der Waals surface area contributed by atoms with Crippen LogP contribution in [0.15, 0.2) is 63.0 Å². The molecule has 1 amide bonds. The maximum atomic E-state index is 13.4. The van der Waals surface area contributed by atoms with Crippen LogP contribution in [0.3, 0.4) is 0 Å². The zero-order chi connectivity index (χ0) is 22.1. The van der Waals surface area contributed by atoms with E-state index in [0.29, 0.717) is 27.4 Å². The van der Waals surface area contributed by atoms with Crippen molar-refractivity contribution in [1.29, 1.82) is 0 Å². The highest BCUT2D eigenvalue weighted by molar-refractivity contribution is 8.00. The van der Waals surface area contributed by atoms with Crippen molar-refractivity contribution in [2.24, 2.45) is 0 Å². The van der Waals surface area contributed by atoms with Gasteiger partial charge in [0.25, 0.3) is 5.56 Å². The Morgan fingerprint density at radius 2 is 1.87 bits per heavy atom. The molecule has 0 saturated carbocycles. The molecule has 4 rings (SSSR count). The summed E-state index contributed by atoms with van der Waals surface area (Å²) in [6.07, 6.45) is 0. The maximum absolute atomic E-state index is 13.4. The number of benzene rings is 2. The average Bonchev–Trinajstić information content (AvgIpc) is 3.15. The van der Waals surface area contributed by atoms with Crippen molar-refractivity contribution in [1.82, 2.24) is 14.7 Å². The molecule has 0 saturated heterocycles. The van der Waals surface area contributed by atoms with Gasteiger partial charge in [0.2, 0.25) is 11.8 Å². The number of nitrogens with one attached hydrogen (secondary N) is 1. The number of aromatic nitrogens is 3. The second-order valence-electron chi connectivity index (χ2n) is 7.40. The Kier molecular flexibility index (Phi) is 5.65. The highest BCUT2D eigenvalue weighted by atomic mass is 32.2. The quantitative estimate of drug-likeness (QED) is 0.369. The molecule has 31 heavy (non-hydrogen) atoms. The highest BCUT2D eigenvalue weighted by Gasteiger charge is 2.21. The van der Waals surface area contributed by atoms with Gasteiger partial charge in [-0.15, -0.1) is 0 Å². The number of para-hydroxylation sites is 1. The van der Waals surface area contributed by atoms with Gasteiger partial charge < -0.3 is 4.52 Å². The summed E-state index contributed by atoms with van der Waals surface area (Å²) in [6, 6.07) is 14.7. The third-order valence-corrected chi connectivity index (χ3v) is 6.07. The van der Waals surface area contributed by atoms with E-state index in [0.717, 1.165) is 11.1 Å². The van der Waals surface area contributed by atoms with E-state index in [1.54, 1.807) is 36.6 Å². The molecule has 0 radical (unpaired) electrons. The maximum Gasteiger partial charge on any atom is 0.266 e. The van der Waals surface area contributed by atoms with E-state index in [1.165, 1.54) is 11.8 Å².